The molecule has 1 nitrogen and oxygen atoms in total. The Hall–Kier alpha value is -1.50. The van der Waals surface area contributed by atoms with Crippen LogP contribution in [0.5, 0.6) is 0 Å². The summed E-state index contributed by atoms with van der Waals surface area (Å²) in [6.07, 6.45) is 11.7. The first-order valence-electron chi connectivity index (χ1n) is 4.38. The molecule has 0 saturated heterocycles. The van der Waals surface area contributed by atoms with Gasteiger partial charge in [-0.3, -0.25) is 0 Å². The maximum atomic E-state index is 3.72. The Morgan fingerprint density at radius 2 is 2.15 bits per heavy atom. The second-order valence-electron chi connectivity index (χ2n) is 2.98. The fourth-order valence-electron chi connectivity index (χ4n) is 1.23. The number of rotatable bonds is 3. The normalized spacial score (nSPS) is 24.5. The Kier molecular flexibility index (Phi) is 3.32. The number of nitrogens with one attached hydrogen (secondary N) is 1. The van der Waals surface area contributed by atoms with Crippen molar-refractivity contribution in [1.82, 2.24) is 5.32 Å². The van der Waals surface area contributed by atoms with Gasteiger partial charge < -0.3 is 5.32 Å². The van der Waals surface area contributed by atoms with Crippen molar-refractivity contribution in [2.24, 2.45) is 5.92 Å². The predicted molar refractivity (Wildman–Crippen MR) is 58.0 cm³/mol. The van der Waals surface area contributed by atoms with Crippen molar-refractivity contribution in [1.29, 1.82) is 0 Å². The topological polar surface area (TPSA) is 12.0 Å². The largest absolute Gasteiger partial charge is 0.359 e. The Balaban J connectivity index is 2.67. The second kappa shape index (κ2) is 4.51. The summed E-state index contributed by atoms with van der Waals surface area (Å²) >= 11 is 0. The lowest BCUT2D eigenvalue weighted by molar-refractivity contribution is 0.840. The lowest BCUT2D eigenvalue weighted by atomic mass is 10.1. The number of hydrogen-bond donors (Lipinski definition) is 1. The van der Waals surface area contributed by atoms with Crippen LogP contribution in [0.15, 0.2) is 61.0 Å². The Morgan fingerprint density at radius 3 is 2.69 bits per heavy atom. The molecule has 1 unspecified atom stereocenters. The molecule has 0 aromatic heterocycles. The highest BCUT2D eigenvalue weighted by molar-refractivity contribution is 5.33. The Morgan fingerprint density at radius 1 is 1.38 bits per heavy atom. The van der Waals surface area contributed by atoms with Gasteiger partial charge in [0.1, 0.15) is 0 Å². The molecule has 1 aliphatic heterocycles. The summed E-state index contributed by atoms with van der Waals surface area (Å²) in [4.78, 5) is 0. The third kappa shape index (κ3) is 2.48. The summed E-state index contributed by atoms with van der Waals surface area (Å²) in [7, 11) is 0. The molecule has 0 bridgehead atoms. The summed E-state index contributed by atoms with van der Waals surface area (Å²) in [6.45, 7) is 9.48. The van der Waals surface area contributed by atoms with E-state index in [9.17, 15) is 0 Å². The molecule has 13 heavy (non-hydrogen) atoms. The molecule has 1 heteroatoms. The van der Waals surface area contributed by atoms with Crippen LogP contribution in [0.25, 0.3) is 0 Å². The van der Waals surface area contributed by atoms with Crippen LogP contribution in [0.3, 0.4) is 0 Å². The first kappa shape index (κ1) is 9.59. The van der Waals surface area contributed by atoms with Crippen LogP contribution in [0.4, 0.5) is 0 Å². The van der Waals surface area contributed by atoms with E-state index >= 15 is 0 Å². The van der Waals surface area contributed by atoms with Gasteiger partial charge in [0, 0.05) is 17.3 Å². The van der Waals surface area contributed by atoms with E-state index in [1.54, 1.807) is 6.08 Å². The highest BCUT2D eigenvalue weighted by Gasteiger charge is 2.13. The van der Waals surface area contributed by atoms with Gasteiger partial charge in [-0.25, -0.2) is 0 Å². The average Bonchev–Trinajstić information content (AvgIpc) is 2.48. The minimum absolute atomic E-state index is 0.447. The highest BCUT2D eigenvalue weighted by Crippen LogP contribution is 2.19. The van der Waals surface area contributed by atoms with Gasteiger partial charge in [-0.1, -0.05) is 44.4 Å². The zero-order valence-electron chi connectivity index (χ0n) is 7.96. The molecule has 0 aromatic carbocycles. The molecule has 1 atom stereocenters. The van der Waals surface area contributed by atoms with Crippen molar-refractivity contribution in [2.75, 3.05) is 0 Å². The quantitative estimate of drug-likeness (QED) is 0.647. The molecule has 0 aromatic rings. The molecule has 68 valence electrons. The van der Waals surface area contributed by atoms with E-state index < -0.39 is 0 Å². The number of hydrogen-bond acceptors (Lipinski definition) is 1. The van der Waals surface area contributed by atoms with Crippen molar-refractivity contribution >= 4 is 0 Å². The molecule has 1 heterocycles. The minimum Gasteiger partial charge on any atom is -0.359 e. The van der Waals surface area contributed by atoms with E-state index in [0.717, 1.165) is 5.70 Å². The highest BCUT2D eigenvalue weighted by atomic mass is 14.9. The van der Waals surface area contributed by atoms with E-state index in [-0.39, 0.29) is 0 Å². The van der Waals surface area contributed by atoms with Crippen LogP contribution < -0.4 is 5.32 Å². The molecule has 0 aliphatic carbocycles. The maximum absolute atomic E-state index is 3.72. The van der Waals surface area contributed by atoms with Crippen molar-refractivity contribution in [3.63, 3.8) is 0 Å². The predicted octanol–water partition coefficient (Wildman–Crippen LogP) is 2.92. The molecular weight excluding hydrogens is 158 g/mol. The Labute approximate surface area is 79.8 Å². The molecule has 1 aliphatic rings. The van der Waals surface area contributed by atoms with Gasteiger partial charge in [-0.15, -0.1) is 0 Å². The lowest BCUT2D eigenvalue weighted by Gasteiger charge is -2.03. The van der Waals surface area contributed by atoms with Crippen LogP contribution in [0, 0.1) is 5.92 Å². The van der Waals surface area contributed by atoms with Gasteiger partial charge in [-0.05, 0) is 12.2 Å². The fraction of sp³-hybridized carbons (Fsp3) is 0.167. The van der Waals surface area contributed by atoms with Crippen LogP contribution >= 0.6 is 0 Å². The Bertz CT molecular complexity index is 292. The average molecular weight is 173 g/mol. The van der Waals surface area contributed by atoms with Crippen molar-refractivity contribution in [3.05, 3.63) is 61.0 Å². The van der Waals surface area contributed by atoms with Crippen LogP contribution in [0.1, 0.15) is 6.92 Å². The van der Waals surface area contributed by atoms with Gasteiger partial charge in [0.2, 0.25) is 0 Å². The fourth-order valence-corrected chi connectivity index (χ4v) is 1.23. The van der Waals surface area contributed by atoms with Gasteiger partial charge in [0.05, 0.1) is 0 Å². The van der Waals surface area contributed by atoms with Crippen molar-refractivity contribution in [2.45, 2.75) is 6.92 Å². The summed E-state index contributed by atoms with van der Waals surface area (Å²) < 4.78 is 0. The molecule has 0 amide bonds. The molecule has 0 saturated carbocycles. The van der Waals surface area contributed by atoms with Gasteiger partial charge >= 0.3 is 0 Å². The van der Waals surface area contributed by atoms with Crippen LogP contribution in [-0.2, 0) is 0 Å². The first-order chi connectivity index (χ1) is 6.27. The smallest absolute Gasteiger partial charge is 0.0342 e. The minimum atomic E-state index is 0.447. The van der Waals surface area contributed by atoms with Gasteiger partial charge in [0.15, 0.2) is 0 Å². The number of allylic oxidation sites excluding steroid dienone is 6. The second-order valence-corrected chi connectivity index (χ2v) is 2.98. The van der Waals surface area contributed by atoms with Crippen molar-refractivity contribution in [3.8, 4) is 0 Å². The maximum Gasteiger partial charge on any atom is 0.0342 e. The molecular formula is C12H15N. The van der Waals surface area contributed by atoms with Crippen molar-refractivity contribution < 1.29 is 0 Å². The molecule has 0 radical (unpaired) electrons. The third-order valence-electron chi connectivity index (χ3n) is 1.95. The van der Waals surface area contributed by atoms with E-state index in [0.29, 0.717) is 5.92 Å². The van der Waals surface area contributed by atoms with Gasteiger partial charge in [0.25, 0.3) is 0 Å². The molecule has 1 N–H and O–H groups in total. The molecule has 0 fully saturated rings. The summed E-state index contributed by atoms with van der Waals surface area (Å²) in [6, 6.07) is 0. The van der Waals surface area contributed by atoms with E-state index in [1.807, 2.05) is 18.2 Å². The molecule has 0 spiro atoms. The zero-order chi connectivity index (χ0) is 9.68. The van der Waals surface area contributed by atoms with E-state index in [2.05, 4.69) is 37.6 Å². The summed E-state index contributed by atoms with van der Waals surface area (Å²) in [5, 5.41) is 3.27. The monoisotopic (exact) mass is 173 g/mol. The standard InChI is InChI=1S/C12H15N/c1-4-6-7-8-12-10(3)9-11(5-2)13-12/h4-10,13H,1-2H2,3H3/b7-6-,12-8+. The van der Waals surface area contributed by atoms with Crippen LogP contribution in [0.2, 0.25) is 0 Å². The SMILES string of the molecule is C=C/C=C\C=C1\NC(C=C)=CC1C. The van der Waals surface area contributed by atoms with E-state index in [4.69, 9.17) is 0 Å². The molecule has 1 rings (SSSR count). The van der Waals surface area contributed by atoms with Gasteiger partial charge in [-0.2, -0.15) is 0 Å². The first-order valence-corrected chi connectivity index (χ1v) is 4.38. The van der Waals surface area contributed by atoms with Crippen LogP contribution in [-0.4, -0.2) is 0 Å². The third-order valence-corrected chi connectivity index (χ3v) is 1.95. The van der Waals surface area contributed by atoms with E-state index in [1.165, 1.54) is 5.70 Å². The summed E-state index contributed by atoms with van der Waals surface area (Å²) in [5.41, 5.74) is 2.29. The summed E-state index contributed by atoms with van der Waals surface area (Å²) in [5.74, 6) is 0.447. The zero-order valence-corrected chi connectivity index (χ0v) is 7.96. The lowest BCUT2D eigenvalue weighted by Crippen LogP contribution is -2.06.